The fourth-order valence-corrected chi connectivity index (χ4v) is 3.35. The van der Waals surface area contributed by atoms with E-state index in [9.17, 15) is 4.79 Å². The summed E-state index contributed by atoms with van der Waals surface area (Å²) in [5.41, 5.74) is 2.20. The summed E-state index contributed by atoms with van der Waals surface area (Å²) < 4.78 is 9.53. The second kappa shape index (κ2) is 7.00. The molecule has 0 bridgehead atoms. The highest BCUT2D eigenvalue weighted by atomic mass is 16.5. The molecule has 7 nitrogen and oxygen atoms in total. The molecule has 0 unspecified atom stereocenters. The molecule has 1 aliphatic heterocycles. The molecule has 25 heavy (non-hydrogen) atoms. The molecule has 0 radical (unpaired) electrons. The molecule has 0 atom stereocenters. The molecule has 7 heteroatoms. The van der Waals surface area contributed by atoms with Gasteiger partial charge in [-0.15, -0.1) is 0 Å². The van der Waals surface area contributed by atoms with E-state index in [4.69, 9.17) is 4.74 Å². The highest BCUT2D eigenvalue weighted by Gasteiger charge is 2.24. The van der Waals surface area contributed by atoms with Gasteiger partial charge in [0.15, 0.2) is 0 Å². The summed E-state index contributed by atoms with van der Waals surface area (Å²) in [6.45, 7) is 5.80. The Morgan fingerprint density at radius 2 is 2.16 bits per heavy atom. The number of carbonyl (C=O) groups excluding carboxylic acids is 1. The van der Waals surface area contributed by atoms with Gasteiger partial charge in [0, 0.05) is 51.0 Å². The molecule has 0 spiro atoms. The SMILES string of the molecule is CCOCC(=O)N1CCc2ncc(-c3cnn(CC4CC4)c3)n2CC1. The lowest BCUT2D eigenvalue weighted by Crippen LogP contribution is -2.36. The van der Waals surface area contributed by atoms with E-state index in [2.05, 4.69) is 20.8 Å². The van der Waals surface area contributed by atoms with Gasteiger partial charge in [0.1, 0.15) is 12.4 Å². The molecule has 134 valence electrons. The molecule has 1 aliphatic carbocycles. The number of amides is 1. The van der Waals surface area contributed by atoms with Gasteiger partial charge in [-0.05, 0) is 25.7 Å². The van der Waals surface area contributed by atoms with Crippen LogP contribution in [0.5, 0.6) is 0 Å². The third-order valence-electron chi connectivity index (χ3n) is 4.99. The first-order valence-electron chi connectivity index (χ1n) is 9.17. The van der Waals surface area contributed by atoms with Crippen LogP contribution < -0.4 is 0 Å². The van der Waals surface area contributed by atoms with Gasteiger partial charge in [0.2, 0.25) is 5.91 Å². The molecule has 1 fully saturated rings. The van der Waals surface area contributed by atoms with Gasteiger partial charge in [-0.3, -0.25) is 9.48 Å². The van der Waals surface area contributed by atoms with Gasteiger partial charge in [0.25, 0.3) is 0 Å². The fourth-order valence-electron chi connectivity index (χ4n) is 3.35. The number of rotatable bonds is 6. The number of fused-ring (bicyclic) bond motifs is 1. The number of hydrogen-bond donors (Lipinski definition) is 0. The average molecular weight is 343 g/mol. The van der Waals surface area contributed by atoms with Crippen LogP contribution in [0.1, 0.15) is 25.6 Å². The predicted octanol–water partition coefficient (Wildman–Crippen LogP) is 1.58. The molecule has 3 heterocycles. The van der Waals surface area contributed by atoms with Crippen LogP contribution in [-0.4, -0.2) is 56.4 Å². The van der Waals surface area contributed by atoms with E-state index < -0.39 is 0 Å². The summed E-state index contributed by atoms with van der Waals surface area (Å²) >= 11 is 0. The van der Waals surface area contributed by atoms with E-state index in [0.29, 0.717) is 19.7 Å². The Morgan fingerprint density at radius 1 is 1.28 bits per heavy atom. The molecule has 1 amide bonds. The molecule has 2 aromatic rings. The highest BCUT2D eigenvalue weighted by Crippen LogP contribution is 2.31. The summed E-state index contributed by atoms with van der Waals surface area (Å²) in [5, 5.41) is 4.50. The molecule has 0 aromatic carbocycles. The highest BCUT2D eigenvalue weighted by molar-refractivity contribution is 5.77. The van der Waals surface area contributed by atoms with Crippen molar-refractivity contribution in [2.24, 2.45) is 5.92 Å². The molecular formula is C18H25N5O2. The van der Waals surface area contributed by atoms with Crippen molar-refractivity contribution < 1.29 is 9.53 Å². The van der Waals surface area contributed by atoms with E-state index in [-0.39, 0.29) is 12.5 Å². The molecule has 1 saturated carbocycles. The summed E-state index contributed by atoms with van der Waals surface area (Å²) in [5.74, 6) is 1.91. The van der Waals surface area contributed by atoms with Crippen LogP contribution in [0, 0.1) is 5.92 Å². The van der Waals surface area contributed by atoms with Gasteiger partial charge >= 0.3 is 0 Å². The Balaban J connectivity index is 1.47. The Hall–Kier alpha value is -2.15. The Bertz CT molecular complexity index is 746. The largest absolute Gasteiger partial charge is 0.372 e. The van der Waals surface area contributed by atoms with Crippen molar-refractivity contribution in [1.82, 2.24) is 24.2 Å². The van der Waals surface area contributed by atoms with Crippen molar-refractivity contribution in [2.45, 2.75) is 39.3 Å². The topological polar surface area (TPSA) is 65.2 Å². The minimum atomic E-state index is 0.0615. The summed E-state index contributed by atoms with van der Waals surface area (Å²) in [4.78, 5) is 18.7. The van der Waals surface area contributed by atoms with Crippen molar-refractivity contribution in [3.05, 3.63) is 24.4 Å². The zero-order valence-corrected chi connectivity index (χ0v) is 14.7. The monoisotopic (exact) mass is 343 g/mol. The van der Waals surface area contributed by atoms with Gasteiger partial charge < -0.3 is 14.2 Å². The number of carbonyl (C=O) groups is 1. The average Bonchev–Trinajstić information content (AvgIpc) is 3.23. The lowest BCUT2D eigenvalue weighted by Gasteiger charge is -2.19. The maximum atomic E-state index is 12.2. The number of imidazole rings is 1. The minimum Gasteiger partial charge on any atom is -0.372 e. The van der Waals surface area contributed by atoms with Crippen LogP contribution in [0.2, 0.25) is 0 Å². The third kappa shape index (κ3) is 3.61. The van der Waals surface area contributed by atoms with Crippen molar-refractivity contribution in [2.75, 3.05) is 26.3 Å². The predicted molar refractivity (Wildman–Crippen MR) is 92.9 cm³/mol. The lowest BCUT2D eigenvalue weighted by atomic mass is 10.2. The number of ether oxygens (including phenoxy) is 1. The van der Waals surface area contributed by atoms with Crippen LogP contribution in [0.15, 0.2) is 18.6 Å². The fraction of sp³-hybridized carbons (Fsp3) is 0.611. The maximum Gasteiger partial charge on any atom is 0.248 e. The van der Waals surface area contributed by atoms with E-state index in [1.165, 1.54) is 12.8 Å². The molecular weight excluding hydrogens is 318 g/mol. The van der Waals surface area contributed by atoms with E-state index in [0.717, 1.165) is 42.5 Å². The minimum absolute atomic E-state index is 0.0615. The van der Waals surface area contributed by atoms with E-state index in [1.807, 2.05) is 28.9 Å². The summed E-state index contributed by atoms with van der Waals surface area (Å²) in [7, 11) is 0. The zero-order chi connectivity index (χ0) is 17.2. The second-order valence-electron chi connectivity index (χ2n) is 6.87. The Labute approximate surface area is 147 Å². The quantitative estimate of drug-likeness (QED) is 0.799. The standard InChI is InChI=1S/C18H25N5O2/c1-2-25-13-18(24)21-6-5-17-19-10-16(23(17)8-7-21)15-9-20-22(12-15)11-14-3-4-14/h9-10,12,14H,2-8,11,13H2,1H3. The normalized spacial score (nSPS) is 17.4. The first kappa shape index (κ1) is 16.3. The number of nitrogens with zero attached hydrogens (tertiary/aromatic N) is 5. The van der Waals surface area contributed by atoms with Crippen LogP contribution >= 0.6 is 0 Å². The zero-order valence-electron chi connectivity index (χ0n) is 14.7. The van der Waals surface area contributed by atoms with Crippen LogP contribution in [0.3, 0.4) is 0 Å². The molecule has 4 rings (SSSR count). The van der Waals surface area contributed by atoms with Crippen molar-refractivity contribution in [1.29, 1.82) is 0 Å². The third-order valence-corrected chi connectivity index (χ3v) is 4.99. The molecule has 2 aromatic heterocycles. The number of hydrogen-bond acceptors (Lipinski definition) is 4. The smallest absolute Gasteiger partial charge is 0.248 e. The Morgan fingerprint density at radius 3 is 2.96 bits per heavy atom. The lowest BCUT2D eigenvalue weighted by molar-refractivity contribution is -0.135. The maximum absolute atomic E-state index is 12.2. The van der Waals surface area contributed by atoms with E-state index >= 15 is 0 Å². The van der Waals surface area contributed by atoms with Crippen molar-refractivity contribution in [3.8, 4) is 11.3 Å². The molecule has 0 saturated heterocycles. The Kier molecular flexibility index (Phi) is 4.57. The van der Waals surface area contributed by atoms with Crippen molar-refractivity contribution in [3.63, 3.8) is 0 Å². The van der Waals surface area contributed by atoms with E-state index in [1.54, 1.807) is 0 Å². The van der Waals surface area contributed by atoms with Crippen LogP contribution in [-0.2, 0) is 29.0 Å². The van der Waals surface area contributed by atoms with Gasteiger partial charge in [-0.1, -0.05) is 0 Å². The molecule has 0 N–H and O–H groups in total. The first-order valence-corrected chi connectivity index (χ1v) is 9.17. The van der Waals surface area contributed by atoms with Gasteiger partial charge in [0.05, 0.1) is 18.1 Å². The van der Waals surface area contributed by atoms with Gasteiger partial charge in [-0.25, -0.2) is 4.98 Å². The van der Waals surface area contributed by atoms with Crippen LogP contribution in [0.25, 0.3) is 11.3 Å². The summed E-state index contributed by atoms with van der Waals surface area (Å²) in [6, 6.07) is 0. The van der Waals surface area contributed by atoms with Crippen LogP contribution in [0.4, 0.5) is 0 Å². The molecule has 2 aliphatic rings. The first-order chi connectivity index (χ1) is 12.2. The number of aromatic nitrogens is 4. The second-order valence-corrected chi connectivity index (χ2v) is 6.87. The summed E-state index contributed by atoms with van der Waals surface area (Å²) in [6.07, 6.45) is 9.40. The van der Waals surface area contributed by atoms with Gasteiger partial charge in [-0.2, -0.15) is 5.10 Å². The van der Waals surface area contributed by atoms with Crippen molar-refractivity contribution >= 4 is 5.91 Å².